The first-order valence-electron chi connectivity index (χ1n) is 4.84. The number of rotatable bonds is 2. The quantitative estimate of drug-likeness (QED) is 0.675. The maximum absolute atomic E-state index is 11.6. The summed E-state index contributed by atoms with van der Waals surface area (Å²) in [5, 5.41) is 0. The van der Waals surface area contributed by atoms with E-state index in [1.807, 2.05) is 0 Å². The number of nitrogens with two attached hydrogens (primary N) is 2. The molecule has 16 heavy (non-hydrogen) atoms. The lowest BCUT2D eigenvalue weighted by atomic mass is 10.3. The molecule has 1 saturated heterocycles. The van der Waals surface area contributed by atoms with E-state index in [-0.39, 0.29) is 23.7 Å². The fourth-order valence-corrected chi connectivity index (χ4v) is 1.58. The lowest BCUT2D eigenvalue weighted by molar-refractivity contribution is -0.117. The summed E-state index contributed by atoms with van der Waals surface area (Å²) in [7, 11) is 1.48. The zero-order chi connectivity index (χ0) is 11.7. The molecule has 1 fully saturated rings. The van der Waals surface area contributed by atoms with E-state index >= 15 is 0 Å². The maximum atomic E-state index is 11.6. The standard InChI is InChI=1S/C9H13N5O2/c1-16-7-3-6(11)12-9(13-7)14-4-5(10)2-8(14)15/h3,5H,2,4,10H2,1H3,(H2,11,12,13). The van der Waals surface area contributed by atoms with Gasteiger partial charge in [0, 0.05) is 25.1 Å². The predicted molar refractivity (Wildman–Crippen MR) is 57.9 cm³/mol. The first kappa shape index (κ1) is 10.6. The van der Waals surface area contributed by atoms with E-state index in [9.17, 15) is 4.79 Å². The molecule has 1 aliphatic heterocycles. The number of hydrogen-bond donors (Lipinski definition) is 2. The van der Waals surface area contributed by atoms with Crippen molar-refractivity contribution in [2.45, 2.75) is 12.5 Å². The second-order valence-electron chi connectivity index (χ2n) is 3.60. The molecule has 0 bridgehead atoms. The highest BCUT2D eigenvalue weighted by Gasteiger charge is 2.30. The molecule has 7 nitrogen and oxygen atoms in total. The van der Waals surface area contributed by atoms with Crippen LogP contribution in [0, 0.1) is 0 Å². The molecule has 0 saturated carbocycles. The minimum atomic E-state index is -0.177. The number of amides is 1. The molecule has 2 rings (SSSR count). The summed E-state index contributed by atoms with van der Waals surface area (Å²) in [5.41, 5.74) is 11.3. The summed E-state index contributed by atoms with van der Waals surface area (Å²) >= 11 is 0. The summed E-state index contributed by atoms with van der Waals surface area (Å²) in [6.45, 7) is 0.408. The van der Waals surface area contributed by atoms with Gasteiger partial charge in [-0.2, -0.15) is 9.97 Å². The zero-order valence-electron chi connectivity index (χ0n) is 8.88. The zero-order valence-corrected chi connectivity index (χ0v) is 8.88. The molecule has 1 aromatic heterocycles. The van der Waals surface area contributed by atoms with Gasteiger partial charge in [0.15, 0.2) is 0 Å². The number of aromatic nitrogens is 2. The minimum Gasteiger partial charge on any atom is -0.481 e. The van der Waals surface area contributed by atoms with Gasteiger partial charge in [0.05, 0.1) is 7.11 Å². The van der Waals surface area contributed by atoms with Crippen molar-refractivity contribution in [2.75, 3.05) is 24.3 Å². The average Bonchev–Trinajstić information content (AvgIpc) is 2.57. The number of carbonyl (C=O) groups excluding carboxylic acids is 1. The van der Waals surface area contributed by atoms with Gasteiger partial charge < -0.3 is 16.2 Å². The van der Waals surface area contributed by atoms with Crippen molar-refractivity contribution in [1.29, 1.82) is 0 Å². The molecule has 1 aromatic rings. The summed E-state index contributed by atoms with van der Waals surface area (Å²) in [6, 6.07) is 1.31. The van der Waals surface area contributed by atoms with Crippen molar-refractivity contribution in [3.05, 3.63) is 6.07 Å². The van der Waals surface area contributed by atoms with Gasteiger partial charge >= 0.3 is 0 Å². The smallest absolute Gasteiger partial charge is 0.237 e. The number of ether oxygens (including phenoxy) is 1. The fraction of sp³-hybridized carbons (Fsp3) is 0.444. The van der Waals surface area contributed by atoms with Gasteiger partial charge in [-0.15, -0.1) is 0 Å². The van der Waals surface area contributed by atoms with Gasteiger partial charge in [0.25, 0.3) is 0 Å². The Labute approximate surface area is 92.4 Å². The molecular formula is C9H13N5O2. The van der Waals surface area contributed by atoms with Crippen LogP contribution in [0.4, 0.5) is 11.8 Å². The third-order valence-electron chi connectivity index (χ3n) is 2.32. The highest BCUT2D eigenvalue weighted by Crippen LogP contribution is 2.20. The Bertz CT molecular complexity index is 422. The molecular weight excluding hydrogens is 210 g/mol. The van der Waals surface area contributed by atoms with Gasteiger partial charge in [-0.3, -0.25) is 9.69 Å². The van der Waals surface area contributed by atoms with Crippen LogP contribution in [-0.4, -0.2) is 35.6 Å². The highest BCUT2D eigenvalue weighted by atomic mass is 16.5. The Balaban J connectivity index is 2.33. The van der Waals surface area contributed by atoms with Crippen LogP contribution in [0.1, 0.15) is 6.42 Å². The minimum absolute atomic E-state index is 0.0971. The second-order valence-corrected chi connectivity index (χ2v) is 3.60. The third-order valence-corrected chi connectivity index (χ3v) is 2.32. The van der Waals surface area contributed by atoms with Gasteiger partial charge in [-0.1, -0.05) is 0 Å². The first-order chi connectivity index (χ1) is 7.60. The lowest BCUT2D eigenvalue weighted by Gasteiger charge is -2.14. The van der Waals surface area contributed by atoms with Crippen LogP contribution in [0.3, 0.4) is 0 Å². The number of nitrogens with zero attached hydrogens (tertiary/aromatic N) is 3. The van der Waals surface area contributed by atoms with Crippen LogP contribution in [0.2, 0.25) is 0 Å². The number of hydrogen-bond acceptors (Lipinski definition) is 6. The molecule has 4 N–H and O–H groups in total. The summed E-state index contributed by atoms with van der Waals surface area (Å²) in [5.74, 6) is 0.737. The molecule has 1 amide bonds. The molecule has 0 spiro atoms. The Morgan fingerprint density at radius 1 is 1.56 bits per heavy atom. The third kappa shape index (κ3) is 1.89. The van der Waals surface area contributed by atoms with Crippen LogP contribution >= 0.6 is 0 Å². The topological polar surface area (TPSA) is 107 Å². The average molecular weight is 223 g/mol. The second kappa shape index (κ2) is 3.93. The number of anilines is 2. The largest absolute Gasteiger partial charge is 0.481 e. The molecule has 2 heterocycles. The van der Waals surface area contributed by atoms with E-state index in [4.69, 9.17) is 16.2 Å². The summed E-state index contributed by atoms with van der Waals surface area (Å²) < 4.78 is 4.96. The van der Waals surface area contributed by atoms with Crippen molar-refractivity contribution in [1.82, 2.24) is 9.97 Å². The predicted octanol–water partition coefficient (Wildman–Crippen LogP) is -0.869. The fourth-order valence-electron chi connectivity index (χ4n) is 1.58. The van der Waals surface area contributed by atoms with E-state index < -0.39 is 0 Å². The number of methoxy groups -OCH3 is 1. The van der Waals surface area contributed by atoms with Crippen molar-refractivity contribution in [2.24, 2.45) is 5.73 Å². The molecule has 1 atom stereocenters. The van der Waals surface area contributed by atoms with Crippen molar-refractivity contribution in [3.8, 4) is 5.88 Å². The van der Waals surface area contributed by atoms with Gasteiger partial charge in [-0.25, -0.2) is 0 Å². The number of nitrogen functional groups attached to an aromatic ring is 1. The molecule has 0 radical (unpaired) electrons. The van der Waals surface area contributed by atoms with Crippen LogP contribution < -0.4 is 21.1 Å². The van der Waals surface area contributed by atoms with Crippen molar-refractivity contribution in [3.63, 3.8) is 0 Å². The Morgan fingerprint density at radius 2 is 2.31 bits per heavy atom. The summed E-state index contributed by atoms with van der Waals surface area (Å²) in [6.07, 6.45) is 0.306. The number of carbonyl (C=O) groups is 1. The molecule has 86 valence electrons. The van der Waals surface area contributed by atoms with Crippen molar-refractivity contribution >= 4 is 17.7 Å². The molecule has 0 aromatic carbocycles. The van der Waals surface area contributed by atoms with E-state index in [1.54, 1.807) is 0 Å². The first-order valence-corrected chi connectivity index (χ1v) is 4.84. The Morgan fingerprint density at radius 3 is 2.88 bits per heavy atom. The Kier molecular flexibility index (Phi) is 2.61. The molecule has 7 heteroatoms. The van der Waals surface area contributed by atoms with E-state index in [1.165, 1.54) is 18.1 Å². The van der Waals surface area contributed by atoms with Crippen LogP contribution in [0.5, 0.6) is 5.88 Å². The van der Waals surface area contributed by atoms with Gasteiger partial charge in [0.1, 0.15) is 5.82 Å². The van der Waals surface area contributed by atoms with E-state index in [0.717, 1.165) is 0 Å². The lowest BCUT2D eigenvalue weighted by Crippen LogP contribution is -2.29. The van der Waals surface area contributed by atoms with Gasteiger partial charge in [-0.05, 0) is 0 Å². The normalized spacial score (nSPS) is 20.2. The molecule has 1 unspecified atom stereocenters. The monoisotopic (exact) mass is 223 g/mol. The van der Waals surface area contributed by atoms with E-state index in [0.29, 0.717) is 18.8 Å². The Hall–Kier alpha value is -1.89. The van der Waals surface area contributed by atoms with Crippen LogP contribution in [-0.2, 0) is 4.79 Å². The molecule has 0 aliphatic carbocycles. The van der Waals surface area contributed by atoms with Gasteiger partial charge in [0.2, 0.25) is 17.7 Å². The highest BCUT2D eigenvalue weighted by molar-refractivity contribution is 5.94. The molecule has 1 aliphatic rings. The van der Waals surface area contributed by atoms with E-state index in [2.05, 4.69) is 9.97 Å². The summed E-state index contributed by atoms with van der Waals surface area (Å²) in [4.78, 5) is 21.0. The van der Waals surface area contributed by atoms with Crippen LogP contribution in [0.25, 0.3) is 0 Å². The SMILES string of the molecule is COc1cc(N)nc(N2CC(N)CC2=O)n1. The maximum Gasteiger partial charge on any atom is 0.237 e. The van der Waals surface area contributed by atoms with Crippen LogP contribution in [0.15, 0.2) is 6.07 Å². The van der Waals surface area contributed by atoms with Crippen molar-refractivity contribution < 1.29 is 9.53 Å².